The van der Waals surface area contributed by atoms with E-state index >= 15 is 0 Å². The van der Waals surface area contributed by atoms with Crippen molar-refractivity contribution in [3.05, 3.63) is 46.0 Å². The van der Waals surface area contributed by atoms with Crippen LogP contribution in [-0.2, 0) is 0 Å². The van der Waals surface area contributed by atoms with Crippen LogP contribution in [-0.4, -0.2) is 0 Å². The molecule has 1 radical (unpaired) electrons. The van der Waals surface area contributed by atoms with Crippen LogP contribution in [0.15, 0.2) is 12.1 Å². The standard InChI is InChI=1S/C14H19/c1-6-7-8-14-11(3)9-10(2)12(4)13(14)5/h7,9H,6H2,1-5H3. The maximum atomic E-state index is 3.37. The van der Waals surface area contributed by atoms with E-state index in [-0.39, 0.29) is 0 Å². The zero-order chi connectivity index (χ0) is 10.7. The molecule has 75 valence electrons. The van der Waals surface area contributed by atoms with Gasteiger partial charge in [-0.3, -0.25) is 0 Å². The van der Waals surface area contributed by atoms with Gasteiger partial charge in [0.1, 0.15) is 0 Å². The highest BCUT2D eigenvalue weighted by Crippen LogP contribution is 2.21. The highest BCUT2D eigenvalue weighted by Gasteiger charge is 2.04. The first-order valence-corrected chi connectivity index (χ1v) is 5.23. The lowest BCUT2D eigenvalue weighted by Crippen LogP contribution is -1.94. The Morgan fingerprint density at radius 1 is 1.07 bits per heavy atom. The van der Waals surface area contributed by atoms with Crippen LogP contribution in [0.5, 0.6) is 0 Å². The maximum absolute atomic E-state index is 3.37. The Morgan fingerprint density at radius 3 is 2.29 bits per heavy atom. The van der Waals surface area contributed by atoms with E-state index in [1.807, 2.05) is 0 Å². The summed E-state index contributed by atoms with van der Waals surface area (Å²) in [4.78, 5) is 0. The van der Waals surface area contributed by atoms with Gasteiger partial charge in [-0.25, -0.2) is 0 Å². The van der Waals surface area contributed by atoms with Gasteiger partial charge in [0.2, 0.25) is 0 Å². The smallest absolute Gasteiger partial charge is 0.0120 e. The molecule has 0 unspecified atom stereocenters. The third-order valence-electron chi connectivity index (χ3n) is 2.81. The summed E-state index contributed by atoms with van der Waals surface area (Å²) in [6, 6.07) is 2.24. The van der Waals surface area contributed by atoms with Gasteiger partial charge in [-0.1, -0.05) is 19.1 Å². The third kappa shape index (κ3) is 2.06. The van der Waals surface area contributed by atoms with Gasteiger partial charge in [0, 0.05) is 0 Å². The predicted octanol–water partition coefficient (Wildman–Crippen LogP) is 4.04. The highest BCUT2D eigenvalue weighted by atomic mass is 14.1. The number of aryl methyl sites for hydroxylation is 2. The molecule has 0 spiro atoms. The molecule has 0 saturated heterocycles. The number of benzene rings is 1. The van der Waals surface area contributed by atoms with Gasteiger partial charge in [-0.2, -0.15) is 0 Å². The molecule has 0 heteroatoms. The summed E-state index contributed by atoms with van der Waals surface area (Å²) in [6.45, 7) is 10.8. The van der Waals surface area contributed by atoms with Crippen molar-refractivity contribution in [3.63, 3.8) is 0 Å². The number of rotatable bonds is 2. The lowest BCUT2D eigenvalue weighted by molar-refractivity contribution is 1.17. The van der Waals surface area contributed by atoms with Crippen LogP contribution in [0.2, 0.25) is 0 Å². The molecule has 0 heterocycles. The van der Waals surface area contributed by atoms with Crippen molar-refractivity contribution >= 4 is 0 Å². The van der Waals surface area contributed by atoms with E-state index in [0.29, 0.717) is 0 Å². The fourth-order valence-corrected chi connectivity index (χ4v) is 1.71. The van der Waals surface area contributed by atoms with E-state index in [4.69, 9.17) is 0 Å². The predicted molar refractivity (Wildman–Crippen MR) is 62.6 cm³/mol. The van der Waals surface area contributed by atoms with Crippen molar-refractivity contribution in [2.24, 2.45) is 0 Å². The number of allylic oxidation sites excluding steroid dienone is 1. The van der Waals surface area contributed by atoms with Crippen molar-refractivity contribution < 1.29 is 0 Å². The fraction of sp³-hybridized carbons (Fsp3) is 0.429. The summed E-state index contributed by atoms with van der Waals surface area (Å²) in [7, 11) is 0. The van der Waals surface area contributed by atoms with Crippen LogP contribution in [0.4, 0.5) is 0 Å². The average molecular weight is 187 g/mol. The van der Waals surface area contributed by atoms with Crippen molar-refractivity contribution in [1.82, 2.24) is 0 Å². The van der Waals surface area contributed by atoms with Gasteiger partial charge in [-0.05, 0) is 68.0 Å². The number of hydrogen-bond acceptors (Lipinski definition) is 0. The van der Waals surface area contributed by atoms with Gasteiger partial charge in [-0.15, -0.1) is 0 Å². The van der Waals surface area contributed by atoms with Gasteiger partial charge < -0.3 is 0 Å². The summed E-state index contributed by atoms with van der Waals surface area (Å²) in [6.07, 6.45) is 6.52. The normalized spacial score (nSPS) is 11.2. The molecular formula is C14H19. The summed E-state index contributed by atoms with van der Waals surface area (Å²) in [5.41, 5.74) is 6.74. The Balaban J connectivity index is 3.29. The van der Waals surface area contributed by atoms with E-state index in [0.717, 1.165) is 6.42 Å². The third-order valence-corrected chi connectivity index (χ3v) is 2.81. The van der Waals surface area contributed by atoms with Crippen LogP contribution >= 0.6 is 0 Å². The molecule has 0 saturated carbocycles. The van der Waals surface area contributed by atoms with Gasteiger partial charge in [0.05, 0.1) is 0 Å². The summed E-state index contributed by atoms with van der Waals surface area (Å²) in [5, 5.41) is 0. The van der Waals surface area contributed by atoms with Crippen molar-refractivity contribution in [3.8, 4) is 0 Å². The minimum Gasteiger partial charge on any atom is -0.0763 e. The van der Waals surface area contributed by atoms with E-state index in [2.05, 4.69) is 52.8 Å². The molecule has 0 aliphatic heterocycles. The Bertz CT molecular complexity index is 357. The molecule has 0 aliphatic rings. The van der Waals surface area contributed by atoms with Gasteiger partial charge >= 0.3 is 0 Å². The summed E-state index contributed by atoms with van der Waals surface area (Å²) >= 11 is 0. The molecule has 0 bridgehead atoms. The second-order valence-electron chi connectivity index (χ2n) is 3.89. The average Bonchev–Trinajstić information content (AvgIpc) is 2.14. The van der Waals surface area contributed by atoms with Crippen molar-refractivity contribution in [2.45, 2.75) is 41.0 Å². The lowest BCUT2D eigenvalue weighted by Gasteiger charge is -2.11. The molecule has 0 aromatic heterocycles. The van der Waals surface area contributed by atoms with Crippen molar-refractivity contribution in [2.75, 3.05) is 0 Å². The van der Waals surface area contributed by atoms with Crippen molar-refractivity contribution in [1.29, 1.82) is 0 Å². The molecular weight excluding hydrogens is 168 g/mol. The zero-order valence-corrected chi connectivity index (χ0v) is 9.86. The summed E-state index contributed by atoms with van der Waals surface area (Å²) in [5.74, 6) is 0. The quantitative estimate of drug-likeness (QED) is 0.655. The molecule has 1 aromatic carbocycles. The molecule has 1 aromatic rings. The summed E-state index contributed by atoms with van der Waals surface area (Å²) < 4.78 is 0. The molecule has 1 rings (SSSR count). The van der Waals surface area contributed by atoms with Crippen LogP contribution in [0.3, 0.4) is 0 Å². The first-order valence-electron chi connectivity index (χ1n) is 5.23. The topological polar surface area (TPSA) is 0 Å². The molecule has 0 amide bonds. The Hall–Kier alpha value is -1.04. The zero-order valence-electron chi connectivity index (χ0n) is 9.86. The second-order valence-corrected chi connectivity index (χ2v) is 3.89. The molecule has 0 nitrogen and oxygen atoms in total. The monoisotopic (exact) mass is 187 g/mol. The molecule has 14 heavy (non-hydrogen) atoms. The Kier molecular flexibility index (Phi) is 3.51. The Labute approximate surface area is 87.7 Å². The van der Waals surface area contributed by atoms with Crippen LogP contribution in [0.25, 0.3) is 0 Å². The van der Waals surface area contributed by atoms with E-state index < -0.39 is 0 Å². The van der Waals surface area contributed by atoms with E-state index in [1.165, 1.54) is 27.8 Å². The minimum absolute atomic E-state index is 1.05. The highest BCUT2D eigenvalue weighted by molar-refractivity contribution is 5.46. The first-order chi connectivity index (χ1) is 6.57. The molecule has 0 fully saturated rings. The van der Waals surface area contributed by atoms with E-state index in [9.17, 15) is 0 Å². The molecule has 0 atom stereocenters. The fourth-order valence-electron chi connectivity index (χ4n) is 1.71. The molecule has 0 N–H and O–H groups in total. The number of hydrogen-bond donors (Lipinski definition) is 0. The first kappa shape index (κ1) is 11.0. The van der Waals surface area contributed by atoms with Crippen LogP contribution < -0.4 is 0 Å². The SMILES string of the molecule is CC/C=[C]\c1c(C)cc(C)c(C)c1C. The Morgan fingerprint density at radius 2 is 1.71 bits per heavy atom. The molecule has 0 aliphatic carbocycles. The van der Waals surface area contributed by atoms with Crippen LogP contribution in [0, 0.1) is 33.8 Å². The lowest BCUT2D eigenvalue weighted by atomic mass is 9.94. The second kappa shape index (κ2) is 4.45. The van der Waals surface area contributed by atoms with Gasteiger partial charge in [0.15, 0.2) is 0 Å². The van der Waals surface area contributed by atoms with E-state index in [1.54, 1.807) is 0 Å². The largest absolute Gasteiger partial charge is 0.0763 e. The van der Waals surface area contributed by atoms with Crippen LogP contribution in [0.1, 0.15) is 41.2 Å². The minimum atomic E-state index is 1.05. The van der Waals surface area contributed by atoms with Gasteiger partial charge in [0.25, 0.3) is 0 Å². The maximum Gasteiger partial charge on any atom is -0.0120 e.